The normalized spacial score (nSPS) is 11.5. The summed E-state index contributed by atoms with van der Waals surface area (Å²) in [4.78, 5) is 24.0. The lowest BCUT2D eigenvalue weighted by molar-refractivity contribution is -0.121. The van der Waals surface area contributed by atoms with Gasteiger partial charge in [0.25, 0.3) is 5.91 Å². The number of carbonyl (C=O) groups excluding carboxylic acids is 2. The summed E-state index contributed by atoms with van der Waals surface area (Å²) in [5, 5.41) is 2.65. The van der Waals surface area contributed by atoms with Gasteiger partial charge in [-0.1, -0.05) is 64.5 Å². The van der Waals surface area contributed by atoms with Crippen LogP contribution in [0.25, 0.3) is 6.08 Å². The third kappa shape index (κ3) is 5.63. The summed E-state index contributed by atoms with van der Waals surface area (Å²) >= 11 is 3.37. The van der Waals surface area contributed by atoms with Gasteiger partial charge in [0.15, 0.2) is 5.78 Å². The van der Waals surface area contributed by atoms with E-state index in [9.17, 15) is 9.59 Å². The van der Waals surface area contributed by atoms with Crippen LogP contribution in [0.1, 0.15) is 18.1 Å². The minimum Gasteiger partial charge on any atom is -0.329 e. The van der Waals surface area contributed by atoms with Crippen molar-refractivity contribution in [2.75, 3.05) is 0 Å². The lowest BCUT2D eigenvalue weighted by atomic mass is 10.1. The number of benzene rings is 2. The van der Waals surface area contributed by atoms with Crippen LogP contribution in [0, 0.1) is 0 Å². The molecule has 0 spiro atoms. The summed E-state index contributed by atoms with van der Waals surface area (Å²) < 4.78 is 0.891. The lowest BCUT2D eigenvalue weighted by Crippen LogP contribution is -2.23. The van der Waals surface area contributed by atoms with Crippen LogP contribution >= 0.6 is 15.9 Å². The number of ketones is 1. The molecule has 0 aliphatic rings. The standard InChI is InChI=1S/C20H18BrNO2/c1-15(23)19(14-17-9-5-11-18(21)13-17)20(24)22-12-6-10-16-7-3-2-4-8-16/h2-9,11-14H,10H2,1H3,(H,22,24). The van der Waals surface area contributed by atoms with Gasteiger partial charge in [0, 0.05) is 10.7 Å². The number of carbonyl (C=O) groups is 2. The molecule has 2 aromatic carbocycles. The highest BCUT2D eigenvalue weighted by molar-refractivity contribution is 9.10. The number of Topliss-reactive ketones (excluding diaryl/α,β-unsaturated/α-hetero) is 1. The van der Waals surface area contributed by atoms with Gasteiger partial charge in [-0.2, -0.15) is 0 Å². The number of nitrogens with one attached hydrogen (secondary N) is 1. The molecule has 0 aliphatic carbocycles. The molecule has 0 aliphatic heterocycles. The Hall–Kier alpha value is -2.46. The number of allylic oxidation sites excluding steroid dienone is 1. The summed E-state index contributed by atoms with van der Waals surface area (Å²) in [5.41, 5.74) is 2.06. The predicted molar refractivity (Wildman–Crippen MR) is 100 cm³/mol. The first kappa shape index (κ1) is 17.9. The van der Waals surface area contributed by atoms with Crippen LogP contribution in [0.15, 0.2) is 76.9 Å². The van der Waals surface area contributed by atoms with Crippen molar-refractivity contribution in [3.05, 3.63) is 88.0 Å². The topological polar surface area (TPSA) is 46.2 Å². The van der Waals surface area contributed by atoms with Crippen molar-refractivity contribution < 1.29 is 9.59 Å². The number of halogens is 1. The molecule has 0 fully saturated rings. The zero-order valence-corrected chi connectivity index (χ0v) is 14.9. The summed E-state index contributed by atoms with van der Waals surface area (Å²) in [6, 6.07) is 17.4. The second-order valence-electron chi connectivity index (χ2n) is 5.23. The van der Waals surface area contributed by atoms with E-state index in [2.05, 4.69) is 21.2 Å². The maximum Gasteiger partial charge on any atom is 0.258 e. The van der Waals surface area contributed by atoms with Crippen LogP contribution < -0.4 is 5.32 Å². The SMILES string of the molecule is CC(=O)C(=Cc1cccc(Br)c1)C(=O)NC=CCc1ccccc1. The fraction of sp³-hybridized carbons (Fsp3) is 0.100. The fourth-order valence-electron chi connectivity index (χ4n) is 2.11. The molecule has 0 saturated heterocycles. The van der Waals surface area contributed by atoms with Gasteiger partial charge in [0.05, 0.1) is 5.57 Å². The van der Waals surface area contributed by atoms with E-state index >= 15 is 0 Å². The molecule has 1 amide bonds. The van der Waals surface area contributed by atoms with Crippen molar-refractivity contribution in [2.45, 2.75) is 13.3 Å². The second kappa shape index (κ2) is 8.99. The maximum atomic E-state index is 12.2. The molecule has 1 N–H and O–H groups in total. The van der Waals surface area contributed by atoms with E-state index in [-0.39, 0.29) is 11.4 Å². The summed E-state index contributed by atoms with van der Waals surface area (Å²) in [7, 11) is 0. The van der Waals surface area contributed by atoms with Crippen LogP contribution in [0.5, 0.6) is 0 Å². The first-order chi connectivity index (χ1) is 11.6. The molecule has 0 heterocycles. The van der Waals surface area contributed by atoms with Gasteiger partial charge >= 0.3 is 0 Å². The van der Waals surface area contributed by atoms with Gasteiger partial charge in [-0.3, -0.25) is 9.59 Å². The molecule has 2 rings (SSSR count). The highest BCUT2D eigenvalue weighted by Crippen LogP contribution is 2.15. The Morgan fingerprint density at radius 3 is 2.50 bits per heavy atom. The first-order valence-corrected chi connectivity index (χ1v) is 8.33. The number of amides is 1. The minimum absolute atomic E-state index is 0.123. The highest BCUT2D eigenvalue weighted by Gasteiger charge is 2.13. The molecule has 4 heteroatoms. The first-order valence-electron chi connectivity index (χ1n) is 7.54. The molecule has 2 aromatic rings. The van der Waals surface area contributed by atoms with E-state index in [1.54, 1.807) is 12.3 Å². The number of hydrogen-bond donors (Lipinski definition) is 1. The molecule has 0 radical (unpaired) electrons. The molecule has 0 saturated carbocycles. The Bertz CT molecular complexity index is 779. The van der Waals surface area contributed by atoms with Gasteiger partial charge in [0.1, 0.15) is 0 Å². The van der Waals surface area contributed by atoms with E-state index in [0.29, 0.717) is 6.42 Å². The van der Waals surface area contributed by atoms with Gasteiger partial charge in [-0.15, -0.1) is 0 Å². The van der Waals surface area contributed by atoms with E-state index in [1.165, 1.54) is 6.92 Å². The van der Waals surface area contributed by atoms with E-state index in [1.807, 2.05) is 60.7 Å². The Labute approximate surface area is 150 Å². The van der Waals surface area contributed by atoms with Crippen LogP contribution in [-0.4, -0.2) is 11.7 Å². The average molecular weight is 384 g/mol. The molecular weight excluding hydrogens is 366 g/mol. The van der Waals surface area contributed by atoms with Crippen molar-refractivity contribution in [1.82, 2.24) is 5.32 Å². The molecule has 0 unspecified atom stereocenters. The second-order valence-corrected chi connectivity index (χ2v) is 6.15. The molecular formula is C20H18BrNO2. The number of rotatable bonds is 6. The minimum atomic E-state index is -0.410. The number of hydrogen-bond acceptors (Lipinski definition) is 2. The maximum absolute atomic E-state index is 12.2. The van der Waals surface area contributed by atoms with Gasteiger partial charge in [0.2, 0.25) is 0 Å². The molecule has 24 heavy (non-hydrogen) atoms. The smallest absolute Gasteiger partial charge is 0.258 e. The van der Waals surface area contributed by atoms with Crippen molar-refractivity contribution in [2.24, 2.45) is 0 Å². The van der Waals surface area contributed by atoms with Crippen LogP contribution in [0.3, 0.4) is 0 Å². The van der Waals surface area contributed by atoms with Crippen molar-refractivity contribution in [3.63, 3.8) is 0 Å². The van der Waals surface area contributed by atoms with Gasteiger partial charge in [-0.25, -0.2) is 0 Å². The molecule has 0 atom stereocenters. The zero-order valence-electron chi connectivity index (χ0n) is 13.3. The molecule has 3 nitrogen and oxygen atoms in total. The van der Waals surface area contributed by atoms with Gasteiger partial charge < -0.3 is 5.32 Å². The van der Waals surface area contributed by atoms with Crippen molar-refractivity contribution >= 4 is 33.7 Å². The third-order valence-electron chi connectivity index (χ3n) is 3.31. The fourth-order valence-corrected chi connectivity index (χ4v) is 2.53. The Kier molecular flexibility index (Phi) is 6.70. The van der Waals surface area contributed by atoms with Crippen LogP contribution in [0.4, 0.5) is 0 Å². The van der Waals surface area contributed by atoms with Crippen molar-refractivity contribution in [1.29, 1.82) is 0 Å². The summed E-state index contributed by atoms with van der Waals surface area (Å²) in [6.45, 7) is 1.39. The largest absolute Gasteiger partial charge is 0.329 e. The lowest BCUT2D eigenvalue weighted by Gasteiger charge is -2.03. The zero-order chi connectivity index (χ0) is 17.4. The monoisotopic (exact) mass is 383 g/mol. The van der Waals surface area contributed by atoms with Gasteiger partial charge in [-0.05, 0) is 42.7 Å². The van der Waals surface area contributed by atoms with E-state index < -0.39 is 5.91 Å². The molecule has 122 valence electrons. The van der Waals surface area contributed by atoms with Crippen LogP contribution in [0.2, 0.25) is 0 Å². The quantitative estimate of drug-likeness (QED) is 0.459. The molecule has 0 bridgehead atoms. The molecule has 0 aromatic heterocycles. The third-order valence-corrected chi connectivity index (χ3v) is 3.81. The summed E-state index contributed by atoms with van der Waals surface area (Å²) in [5.74, 6) is -0.685. The Morgan fingerprint density at radius 2 is 1.83 bits per heavy atom. The van der Waals surface area contributed by atoms with E-state index in [0.717, 1.165) is 15.6 Å². The summed E-state index contributed by atoms with van der Waals surface area (Å²) in [6.07, 6.45) is 5.73. The van der Waals surface area contributed by atoms with E-state index in [4.69, 9.17) is 0 Å². The highest BCUT2D eigenvalue weighted by atomic mass is 79.9. The van der Waals surface area contributed by atoms with Crippen molar-refractivity contribution in [3.8, 4) is 0 Å². The van der Waals surface area contributed by atoms with Crippen LogP contribution in [-0.2, 0) is 16.0 Å². The Balaban J connectivity index is 2.03. The average Bonchev–Trinajstić information content (AvgIpc) is 2.57. The predicted octanol–water partition coefficient (Wildman–Crippen LogP) is 4.29. The Morgan fingerprint density at radius 1 is 1.08 bits per heavy atom.